The molecule has 1 saturated heterocycles. The van der Waals surface area contributed by atoms with Gasteiger partial charge in [-0.2, -0.15) is 4.98 Å². The van der Waals surface area contributed by atoms with Crippen molar-refractivity contribution in [1.29, 1.82) is 0 Å². The summed E-state index contributed by atoms with van der Waals surface area (Å²) in [5.74, 6) is 1.45. The van der Waals surface area contributed by atoms with Crippen molar-refractivity contribution in [3.63, 3.8) is 0 Å². The molecule has 114 valence electrons. The Morgan fingerprint density at radius 2 is 1.95 bits per heavy atom. The molecule has 3 heterocycles. The molecule has 0 saturated carbocycles. The van der Waals surface area contributed by atoms with Gasteiger partial charge in [-0.3, -0.25) is 4.79 Å². The van der Waals surface area contributed by atoms with Gasteiger partial charge in [-0.25, -0.2) is 0 Å². The summed E-state index contributed by atoms with van der Waals surface area (Å²) in [6.45, 7) is 6.96. The molecular formula is C15H20N2O4. The second kappa shape index (κ2) is 5.52. The molecule has 3 rings (SSSR count). The summed E-state index contributed by atoms with van der Waals surface area (Å²) in [6.07, 6.45) is -0.00353. The van der Waals surface area contributed by atoms with Crippen LogP contribution in [-0.2, 0) is 9.53 Å². The number of hydrogen-bond acceptors (Lipinski definition) is 5. The number of carbonyl (C=O) groups is 1. The highest BCUT2D eigenvalue weighted by molar-refractivity contribution is 5.92. The van der Waals surface area contributed by atoms with Crippen LogP contribution in [0.2, 0.25) is 0 Å². The third kappa shape index (κ3) is 2.68. The van der Waals surface area contributed by atoms with Crippen molar-refractivity contribution in [1.82, 2.24) is 4.98 Å². The van der Waals surface area contributed by atoms with Crippen LogP contribution < -0.4 is 14.8 Å². The molecule has 1 amide bonds. The fourth-order valence-electron chi connectivity index (χ4n) is 2.93. The number of ether oxygens (including phenoxy) is 3. The normalized spacial score (nSPS) is 31.0. The SMILES string of the molecule is CC1OC(C)C(C(=O)Nc2ccc3c(n2)OCCO3)C1C. The summed E-state index contributed by atoms with van der Waals surface area (Å²) >= 11 is 0. The lowest BCUT2D eigenvalue weighted by Crippen LogP contribution is -2.32. The van der Waals surface area contributed by atoms with Crippen molar-refractivity contribution < 1.29 is 19.0 Å². The van der Waals surface area contributed by atoms with Crippen LogP contribution in [0, 0.1) is 11.8 Å². The zero-order valence-corrected chi connectivity index (χ0v) is 12.5. The molecule has 0 radical (unpaired) electrons. The number of pyridine rings is 1. The van der Waals surface area contributed by atoms with Gasteiger partial charge in [0.25, 0.3) is 5.88 Å². The topological polar surface area (TPSA) is 69.7 Å². The molecular weight excluding hydrogens is 272 g/mol. The maximum absolute atomic E-state index is 12.4. The van der Waals surface area contributed by atoms with Crippen LogP contribution in [0.15, 0.2) is 12.1 Å². The lowest BCUT2D eigenvalue weighted by atomic mass is 9.89. The Morgan fingerprint density at radius 3 is 2.67 bits per heavy atom. The van der Waals surface area contributed by atoms with Crippen LogP contribution in [0.1, 0.15) is 20.8 Å². The Kier molecular flexibility index (Phi) is 3.71. The molecule has 0 aromatic carbocycles. The first-order chi connectivity index (χ1) is 10.1. The number of nitrogens with zero attached hydrogens (tertiary/aromatic N) is 1. The quantitative estimate of drug-likeness (QED) is 0.901. The van der Waals surface area contributed by atoms with Crippen molar-refractivity contribution >= 4 is 11.7 Å². The smallest absolute Gasteiger partial charge is 0.259 e. The van der Waals surface area contributed by atoms with Gasteiger partial charge in [0.15, 0.2) is 5.75 Å². The number of amides is 1. The van der Waals surface area contributed by atoms with Gasteiger partial charge in [0.2, 0.25) is 5.91 Å². The van der Waals surface area contributed by atoms with E-state index in [2.05, 4.69) is 10.3 Å². The fourth-order valence-corrected chi connectivity index (χ4v) is 2.93. The van der Waals surface area contributed by atoms with Gasteiger partial charge in [-0.15, -0.1) is 0 Å². The molecule has 2 aliphatic heterocycles. The van der Waals surface area contributed by atoms with Crippen LogP contribution in [0.4, 0.5) is 5.82 Å². The van der Waals surface area contributed by atoms with E-state index >= 15 is 0 Å². The number of aromatic nitrogens is 1. The maximum Gasteiger partial charge on any atom is 0.259 e. The van der Waals surface area contributed by atoms with E-state index in [-0.39, 0.29) is 30.0 Å². The van der Waals surface area contributed by atoms with E-state index in [1.807, 2.05) is 20.8 Å². The van der Waals surface area contributed by atoms with E-state index in [1.54, 1.807) is 12.1 Å². The fraction of sp³-hybridized carbons (Fsp3) is 0.600. The molecule has 0 bridgehead atoms. The predicted molar refractivity (Wildman–Crippen MR) is 76.5 cm³/mol. The van der Waals surface area contributed by atoms with Crippen molar-refractivity contribution in [3.8, 4) is 11.6 Å². The van der Waals surface area contributed by atoms with E-state index in [4.69, 9.17) is 14.2 Å². The van der Waals surface area contributed by atoms with Crippen molar-refractivity contribution in [2.75, 3.05) is 18.5 Å². The first-order valence-electron chi connectivity index (χ1n) is 7.29. The minimum absolute atomic E-state index is 0.0662. The molecule has 4 unspecified atom stereocenters. The molecule has 1 aromatic rings. The first kappa shape index (κ1) is 14.1. The van der Waals surface area contributed by atoms with E-state index in [0.29, 0.717) is 30.7 Å². The molecule has 1 aromatic heterocycles. The second-order valence-electron chi connectivity index (χ2n) is 5.62. The lowest BCUT2D eigenvalue weighted by molar-refractivity contribution is -0.122. The van der Waals surface area contributed by atoms with Crippen LogP contribution in [0.3, 0.4) is 0 Å². The zero-order chi connectivity index (χ0) is 15.0. The van der Waals surface area contributed by atoms with Gasteiger partial charge in [0, 0.05) is 0 Å². The van der Waals surface area contributed by atoms with Gasteiger partial charge in [-0.1, -0.05) is 6.92 Å². The largest absolute Gasteiger partial charge is 0.484 e. The summed E-state index contributed by atoms with van der Waals surface area (Å²) in [7, 11) is 0. The van der Waals surface area contributed by atoms with Crippen LogP contribution in [-0.4, -0.2) is 36.3 Å². The Labute approximate surface area is 123 Å². The number of nitrogens with one attached hydrogen (secondary N) is 1. The molecule has 0 aliphatic carbocycles. The second-order valence-corrected chi connectivity index (χ2v) is 5.62. The highest BCUT2D eigenvalue weighted by atomic mass is 16.6. The molecule has 1 N–H and O–H groups in total. The summed E-state index contributed by atoms with van der Waals surface area (Å²) in [5, 5.41) is 2.85. The summed E-state index contributed by atoms with van der Waals surface area (Å²) < 4.78 is 16.5. The molecule has 6 nitrogen and oxygen atoms in total. The number of carbonyl (C=O) groups excluding carboxylic acids is 1. The summed E-state index contributed by atoms with van der Waals surface area (Å²) in [4.78, 5) is 16.7. The molecule has 4 atom stereocenters. The van der Waals surface area contributed by atoms with Crippen molar-refractivity contribution in [3.05, 3.63) is 12.1 Å². The average Bonchev–Trinajstić information content (AvgIpc) is 2.72. The number of fused-ring (bicyclic) bond motifs is 1. The molecule has 1 fully saturated rings. The third-order valence-electron chi connectivity index (χ3n) is 4.20. The zero-order valence-electron chi connectivity index (χ0n) is 12.5. The van der Waals surface area contributed by atoms with Crippen LogP contribution in [0.25, 0.3) is 0 Å². The van der Waals surface area contributed by atoms with E-state index < -0.39 is 0 Å². The van der Waals surface area contributed by atoms with Crippen molar-refractivity contribution in [2.24, 2.45) is 11.8 Å². The number of rotatable bonds is 2. The van der Waals surface area contributed by atoms with Gasteiger partial charge < -0.3 is 19.5 Å². The van der Waals surface area contributed by atoms with Gasteiger partial charge >= 0.3 is 0 Å². The van der Waals surface area contributed by atoms with E-state index in [0.717, 1.165) is 0 Å². The standard InChI is InChI=1S/C15H20N2O4/c1-8-9(2)21-10(3)13(8)14(18)16-12-5-4-11-15(17-12)20-7-6-19-11/h4-5,8-10,13H,6-7H2,1-3H3,(H,16,17,18). The maximum atomic E-state index is 12.4. The highest BCUT2D eigenvalue weighted by Crippen LogP contribution is 2.34. The Morgan fingerprint density at radius 1 is 1.19 bits per heavy atom. The number of hydrogen-bond donors (Lipinski definition) is 1. The predicted octanol–water partition coefficient (Wildman–Crippen LogP) is 1.85. The monoisotopic (exact) mass is 292 g/mol. The summed E-state index contributed by atoms with van der Waals surface area (Å²) in [5.41, 5.74) is 0. The van der Waals surface area contributed by atoms with Gasteiger partial charge in [0.05, 0.1) is 18.1 Å². The van der Waals surface area contributed by atoms with E-state index in [9.17, 15) is 4.79 Å². The summed E-state index contributed by atoms with van der Waals surface area (Å²) in [6, 6.07) is 3.48. The molecule has 0 spiro atoms. The molecule has 21 heavy (non-hydrogen) atoms. The van der Waals surface area contributed by atoms with E-state index in [1.165, 1.54) is 0 Å². The number of anilines is 1. The molecule has 2 aliphatic rings. The Bertz CT molecular complexity index is 548. The van der Waals surface area contributed by atoms with Gasteiger partial charge in [-0.05, 0) is 31.9 Å². The van der Waals surface area contributed by atoms with Gasteiger partial charge in [0.1, 0.15) is 19.0 Å². The molecule has 6 heteroatoms. The minimum Gasteiger partial charge on any atom is -0.484 e. The Balaban J connectivity index is 1.73. The average molecular weight is 292 g/mol. The van der Waals surface area contributed by atoms with Crippen LogP contribution in [0.5, 0.6) is 11.6 Å². The van der Waals surface area contributed by atoms with Crippen LogP contribution >= 0.6 is 0 Å². The third-order valence-corrected chi connectivity index (χ3v) is 4.20. The lowest BCUT2D eigenvalue weighted by Gasteiger charge is -2.20. The van der Waals surface area contributed by atoms with Crippen molar-refractivity contribution in [2.45, 2.75) is 33.0 Å². The Hall–Kier alpha value is -1.82. The minimum atomic E-state index is -0.171. The first-order valence-corrected chi connectivity index (χ1v) is 7.29. The highest BCUT2D eigenvalue weighted by Gasteiger charge is 2.41.